The lowest BCUT2D eigenvalue weighted by Crippen LogP contribution is -2.49. The van der Waals surface area contributed by atoms with Gasteiger partial charge in [-0.1, -0.05) is 42.5 Å². The highest BCUT2D eigenvalue weighted by molar-refractivity contribution is 5.80. The number of likely N-dealkylation sites (tertiary alicyclic amines) is 1. The molecule has 2 N–H and O–H groups in total. The van der Waals surface area contributed by atoms with Crippen molar-refractivity contribution in [3.63, 3.8) is 0 Å². The van der Waals surface area contributed by atoms with Gasteiger partial charge in [-0.05, 0) is 56.0 Å². The fraction of sp³-hybridized carbons (Fsp3) is 0.385. The predicted octanol–water partition coefficient (Wildman–Crippen LogP) is 4.15. The summed E-state index contributed by atoms with van der Waals surface area (Å²) >= 11 is 0. The molecule has 1 aliphatic rings. The molecule has 1 aromatic heterocycles. The number of rotatable bonds is 7. The van der Waals surface area contributed by atoms with E-state index in [9.17, 15) is 0 Å². The SMILES string of the molecule is CCNC(=NCc1cccc(-n2cccn2)c1)NC1CCN(C(C)c2ccccc2)CC1. The molecule has 0 saturated carbocycles. The third kappa shape index (κ3) is 5.77. The summed E-state index contributed by atoms with van der Waals surface area (Å²) in [6, 6.07) is 22.0. The Morgan fingerprint density at radius 2 is 1.91 bits per heavy atom. The molecule has 32 heavy (non-hydrogen) atoms. The molecule has 1 saturated heterocycles. The maximum absolute atomic E-state index is 4.85. The Hall–Kier alpha value is -3.12. The summed E-state index contributed by atoms with van der Waals surface area (Å²) in [7, 11) is 0. The number of aromatic nitrogens is 2. The molecular weight excluding hydrogens is 396 g/mol. The fourth-order valence-corrected chi connectivity index (χ4v) is 4.28. The van der Waals surface area contributed by atoms with Crippen LogP contribution >= 0.6 is 0 Å². The van der Waals surface area contributed by atoms with Crippen LogP contribution in [0.1, 0.15) is 43.9 Å². The molecule has 0 spiro atoms. The predicted molar refractivity (Wildman–Crippen MR) is 131 cm³/mol. The minimum atomic E-state index is 0.447. The van der Waals surface area contributed by atoms with Gasteiger partial charge in [0.2, 0.25) is 0 Å². The van der Waals surface area contributed by atoms with Crippen molar-refractivity contribution < 1.29 is 0 Å². The summed E-state index contributed by atoms with van der Waals surface area (Å²) in [6.07, 6.45) is 6.00. The third-order valence-corrected chi connectivity index (χ3v) is 6.14. The van der Waals surface area contributed by atoms with Crippen molar-refractivity contribution in [2.45, 2.75) is 45.3 Å². The van der Waals surface area contributed by atoms with Crippen molar-refractivity contribution in [2.24, 2.45) is 4.99 Å². The molecule has 6 nitrogen and oxygen atoms in total. The van der Waals surface area contributed by atoms with Gasteiger partial charge < -0.3 is 10.6 Å². The zero-order valence-electron chi connectivity index (χ0n) is 19.1. The van der Waals surface area contributed by atoms with Gasteiger partial charge >= 0.3 is 0 Å². The normalized spacial score (nSPS) is 16.6. The highest BCUT2D eigenvalue weighted by Gasteiger charge is 2.24. The van der Waals surface area contributed by atoms with Crippen molar-refractivity contribution in [1.29, 1.82) is 0 Å². The molecule has 6 heteroatoms. The molecule has 168 valence electrons. The number of nitrogens with zero attached hydrogens (tertiary/aromatic N) is 4. The third-order valence-electron chi connectivity index (χ3n) is 6.14. The molecule has 1 unspecified atom stereocenters. The average molecular weight is 431 g/mol. The highest BCUT2D eigenvalue weighted by Crippen LogP contribution is 2.24. The Morgan fingerprint density at radius 1 is 1.09 bits per heavy atom. The lowest BCUT2D eigenvalue weighted by atomic mass is 10.0. The van der Waals surface area contributed by atoms with Crippen molar-refractivity contribution in [1.82, 2.24) is 25.3 Å². The van der Waals surface area contributed by atoms with E-state index in [1.807, 2.05) is 16.9 Å². The van der Waals surface area contributed by atoms with Gasteiger partial charge in [-0.2, -0.15) is 5.10 Å². The first-order chi connectivity index (χ1) is 15.7. The number of hydrogen-bond acceptors (Lipinski definition) is 3. The second-order valence-corrected chi connectivity index (χ2v) is 8.36. The molecule has 2 heterocycles. The van der Waals surface area contributed by atoms with Crippen LogP contribution in [0, 0.1) is 0 Å². The average Bonchev–Trinajstić information content (AvgIpc) is 3.39. The minimum Gasteiger partial charge on any atom is -0.357 e. The summed E-state index contributed by atoms with van der Waals surface area (Å²) in [5.74, 6) is 0.895. The number of nitrogens with one attached hydrogen (secondary N) is 2. The van der Waals surface area contributed by atoms with E-state index in [-0.39, 0.29) is 0 Å². The molecule has 0 aliphatic carbocycles. The Labute approximate surface area is 191 Å². The Kier molecular flexibility index (Phi) is 7.56. The number of aliphatic imine (C=N–C) groups is 1. The zero-order valence-corrected chi connectivity index (χ0v) is 19.1. The van der Waals surface area contributed by atoms with Gasteiger partial charge in [-0.3, -0.25) is 4.90 Å². The first kappa shape index (κ1) is 22.1. The van der Waals surface area contributed by atoms with Crippen LogP contribution in [0.4, 0.5) is 0 Å². The van der Waals surface area contributed by atoms with Crippen molar-refractivity contribution in [3.05, 3.63) is 84.2 Å². The Bertz CT molecular complexity index is 975. The van der Waals surface area contributed by atoms with Gasteiger partial charge in [0.25, 0.3) is 0 Å². The standard InChI is InChI=1S/C26H34N6/c1-3-27-26(28-20-22-9-7-12-25(19-22)32-16-8-15-29-32)30-24-13-17-31(18-14-24)21(2)23-10-5-4-6-11-23/h4-12,15-16,19,21,24H,3,13-14,17-18,20H2,1-2H3,(H2,27,28,30). The van der Waals surface area contributed by atoms with E-state index >= 15 is 0 Å². The number of piperidine rings is 1. The summed E-state index contributed by atoms with van der Waals surface area (Å²) in [6.45, 7) is 8.10. The van der Waals surface area contributed by atoms with Crippen molar-refractivity contribution >= 4 is 5.96 Å². The van der Waals surface area contributed by atoms with E-state index in [1.54, 1.807) is 6.20 Å². The molecule has 0 radical (unpaired) electrons. The molecular formula is C26H34N6. The Balaban J connectivity index is 1.33. The maximum Gasteiger partial charge on any atom is 0.191 e. The minimum absolute atomic E-state index is 0.447. The van der Waals surface area contributed by atoms with Crippen LogP contribution in [0.2, 0.25) is 0 Å². The Morgan fingerprint density at radius 3 is 2.62 bits per heavy atom. The topological polar surface area (TPSA) is 57.5 Å². The summed E-state index contributed by atoms with van der Waals surface area (Å²) in [4.78, 5) is 7.43. The van der Waals surface area contributed by atoms with E-state index in [0.717, 1.165) is 44.1 Å². The smallest absolute Gasteiger partial charge is 0.191 e. The van der Waals surface area contributed by atoms with E-state index in [0.29, 0.717) is 18.6 Å². The molecule has 3 aromatic rings. The molecule has 1 aliphatic heterocycles. The van der Waals surface area contributed by atoms with Crippen molar-refractivity contribution in [2.75, 3.05) is 19.6 Å². The van der Waals surface area contributed by atoms with Crippen LogP contribution < -0.4 is 10.6 Å². The van der Waals surface area contributed by atoms with Crippen LogP contribution in [0.25, 0.3) is 5.69 Å². The van der Waals surface area contributed by atoms with Gasteiger partial charge in [0.15, 0.2) is 5.96 Å². The first-order valence-electron chi connectivity index (χ1n) is 11.7. The quantitative estimate of drug-likeness (QED) is 0.437. The maximum atomic E-state index is 4.85. The molecule has 1 fully saturated rings. The molecule has 0 bridgehead atoms. The lowest BCUT2D eigenvalue weighted by molar-refractivity contribution is 0.158. The number of guanidine groups is 1. The van der Waals surface area contributed by atoms with Gasteiger partial charge in [0.05, 0.1) is 12.2 Å². The van der Waals surface area contributed by atoms with Gasteiger partial charge in [-0.15, -0.1) is 0 Å². The van der Waals surface area contributed by atoms with Crippen LogP contribution in [-0.2, 0) is 6.54 Å². The molecule has 1 atom stereocenters. The van der Waals surface area contributed by atoms with E-state index in [1.165, 1.54) is 11.1 Å². The van der Waals surface area contributed by atoms with E-state index in [4.69, 9.17) is 4.99 Å². The second kappa shape index (κ2) is 11.0. The molecule has 0 amide bonds. The van der Waals surface area contributed by atoms with Crippen LogP contribution in [0.5, 0.6) is 0 Å². The number of benzene rings is 2. The molecule has 2 aromatic carbocycles. The monoisotopic (exact) mass is 430 g/mol. The van der Waals surface area contributed by atoms with E-state index in [2.05, 4.69) is 89.1 Å². The zero-order chi connectivity index (χ0) is 22.2. The van der Waals surface area contributed by atoms with Gasteiger partial charge in [0, 0.05) is 44.1 Å². The van der Waals surface area contributed by atoms with Gasteiger partial charge in [-0.25, -0.2) is 9.67 Å². The highest BCUT2D eigenvalue weighted by atomic mass is 15.3. The van der Waals surface area contributed by atoms with Crippen LogP contribution in [0.15, 0.2) is 78.0 Å². The van der Waals surface area contributed by atoms with E-state index < -0.39 is 0 Å². The van der Waals surface area contributed by atoms with Crippen LogP contribution in [0.3, 0.4) is 0 Å². The number of hydrogen-bond donors (Lipinski definition) is 2. The molecule has 4 rings (SSSR count). The van der Waals surface area contributed by atoms with Crippen molar-refractivity contribution in [3.8, 4) is 5.69 Å². The van der Waals surface area contributed by atoms with Crippen LogP contribution in [-0.4, -0.2) is 46.3 Å². The second-order valence-electron chi connectivity index (χ2n) is 8.36. The fourth-order valence-electron chi connectivity index (χ4n) is 4.28. The van der Waals surface area contributed by atoms with Gasteiger partial charge in [0.1, 0.15) is 0 Å². The summed E-state index contributed by atoms with van der Waals surface area (Å²) in [5.41, 5.74) is 3.62. The summed E-state index contributed by atoms with van der Waals surface area (Å²) < 4.78 is 1.88. The first-order valence-corrected chi connectivity index (χ1v) is 11.7. The summed E-state index contributed by atoms with van der Waals surface area (Å²) in [5, 5.41) is 11.4. The largest absolute Gasteiger partial charge is 0.357 e. The lowest BCUT2D eigenvalue weighted by Gasteiger charge is -2.37.